The van der Waals surface area contributed by atoms with E-state index in [1.54, 1.807) is 0 Å². The SMILES string of the molecule is NC(=O)CCn1cc2ccccc2c1. The topological polar surface area (TPSA) is 48.0 Å². The molecule has 1 aromatic carbocycles. The fraction of sp³-hybridized carbons (Fsp3) is 0.182. The van der Waals surface area contributed by atoms with Gasteiger partial charge in [-0.2, -0.15) is 0 Å². The Morgan fingerprint density at radius 1 is 1.21 bits per heavy atom. The number of primary amides is 1. The highest BCUT2D eigenvalue weighted by Crippen LogP contribution is 2.14. The molecule has 0 atom stereocenters. The molecule has 1 heterocycles. The summed E-state index contributed by atoms with van der Waals surface area (Å²) in [4.78, 5) is 10.6. The first kappa shape index (κ1) is 8.81. The zero-order chi connectivity index (χ0) is 9.97. The molecule has 0 fully saturated rings. The van der Waals surface area contributed by atoms with E-state index >= 15 is 0 Å². The van der Waals surface area contributed by atoms with Crippen LogP contribution in [0.15, 0.2) is 36.7 Å². The number of aryl methyl sites for hydroxylation is 1. The molecule has 0 aliphatic carbocycles. The van der Waals surface area contributed by atoms with Crippen LogP contribution in [-0.4, -0.2) is 10.5 Å². The van der Waals surface area contributed by atoms with E-state index in [0.29, 0.717) is 13.0 Å². The molecule has 0 saturated carbocycles. The van der Waals surface area contributed by atoms with Crippen LogP contribution >= 0.6 is 0 Å². The smallest absolute Gasteiger partial charge is 0.219 e. The van der Waals surface area contributed by atoms with E-state index < -0.39 is 0 Å². The van der Waals surface area contributed by atoms with Gasteiger partial charge in [0.2, 0.25) is 5.91 Å². The van der Waals surface area contributed by atoms with Gasteiger partial charge in [0.05, 0.1) is 0 Å². The van der Waals surface area contributed by atoms with Gasteiger partial charge < -0.3 is 10.3 Å². The van der Waals surface area contributed by atoms with E-state index in [4.69, 9.17) is 5.73 Å². The number of fused-ring (bicyclic) bond motifs is 1. The minimum Gasteiger partial charge on any atom is -0.370 e. The lowest BCUT2D eigenvalue weighted by molar-refractivity contribution is -0.118. The van der Waals surface area contributed by atoms with Gasteiger partial charge in [0.1, 0.15) is 0 Å². The highest BCUT2D eigenvalue weighted by atomic mass is 16.1. The lowest BCUT2D eigenvalue weighted by atomic mass is 10.2. The maximum atomic E-state index is 10.6. The van der Waals surface area contributed by atoms with Crippen molar-refractivity contribution in [1.82, 2.24) is 4.57 Å². The molecule has 0 saturated heterocycles. The van der Waals surface area contributed by atoms with Crippen molar-refractivity contribution in [3.63, 3.8) is 0 Å². The molecule has 0 unspecified atom stereocenters. The predicted molar refractivity (Wildman–Crippen MR) is 55.7 cm³/mol. The van der Waals surface area contributed by atoms with Crippen molar-refractivity contribution in [1.29, 1.82) is 0 Å². The largest absolute Gasteiger partial charge is 0.370 e. The van der Waals surface area contributed by atoms with Gasteiger partial charge in [-0.1, -0.05) is 24.3 Å². The number of benzene rings is 1. The van der Waals surface area contributed by atoms with Gasteiger partial charge in [-0.15, -0.1) is 0 Å². The standard InChI is InChI=1S/C11H12N2O/c12-11(14)5-6-13-7-9-3-1-2-4-10(9)8-13/h1-4,7-8H,5-6H2,(H2,12,14). The molecule has 0 radical (unpaired) electrons. The van der Waals surface area contributed by atoms with Crippen LogP contribution in [0.2, 0.25) is 0 Å². The summed E-state index contributed by atoms with van der Waals surface area (Å²) in [5.41, 5.74) is 5.08. The third-order valence-corrected chi connectivity index (χ3v) is 2.22. The Labute approximate surface area is 82.1 Å². The van der Waals surface area contributed by atoms with Gasteiger partial charge in [-0.05, 0) is 10.8 Å². The van der Waals surface area contributed by atoms with Crippen molar-refractivity contribution in [2.75, 3.05) is 0 Å². The molecule has 0 aliphatic heterocycles. The second-order valence-electron chi connectivity index (χ2n) is 3.34. The molecule has 2 N–H and O–H groups in total. The van der Waals surface area contributed by atoms with Crippen LogP contribution in [0, 0.1) is 0 Å². The van der Waals surface area contributed by atoms with Crippen molar-refractivity contribution in [2.24, 2.45) is 5.73 Å². The van der Waals surface area contributed by atoms with E-state index in [1.807, 2.05) is 29.1 Å². The highest BCUT2D eigenvalue weighted by Gasteiger charge is 1.98. The molecule has 2 aromatic rings. The van der Waals surface area contributed by atoms with E-state index in [9.17, 15) is 4.79 Å². The highest BCUT2D eigenvalue weighted by molar-refractivity contribution is 5.82. The van der Waals surface area contributed by atoms with Crippen LogP contribution in [-0.2, 0) is 11.3 Å². The van der Waals surface area contributed by atoms with Crippen LogP contribution < -0.4 is 5.73 Å². The minimum absolute atomic E-state index is 0.261. The Hall–Kier alpha value is -1.77. The third kappa shape index (κ3) is 1.76. The van der Waals surface area contributed by atoms with Gasteiger partial charge in [0, 0.05) is 25.4 Å². The molecule has 2 rings (SSSR count). The van der Waals surface area contributed by atoms with Crippen LogP contribution in [0.4, 0.5) is 0 Å². The molecular formula is C11H12N2O. The zero-order valence-corrected chi connectivity index (χ0v) is 7.81. The van der Waals surface area contributed by atoms with Crippen molar-refractivity contribution >= 4 is 16.7 Å². The maximum Gasteiger partial charge on any atom is 0.219 e. The number of hydrogen-bond acceptors (Lipinski definition) is 1. The van der Waals surface area contributed by atoms with Gasteiger partial charge in [0.15, 0.2) is 0 Å². The maximum absolute atomic E-state index is 10.6. The molecule has 0 bridgehead atoms. The second kappa shape index (κ2) is 3.54. The lowest BCUT2D eigenvalue weighted by Crippen LogP contribution is -2.13. The van der Waals surface area contributed by atoms with Crippen LogP contribution in [0.3, 0.4) is 0 Å². The van der Waals surface area contributed by atoms with Crippen molar-refractivity contribution < 1.29 is 4.79 Å². The molecule has 0 aliphatic rings. The first-order chi connectivity index (χ1) is 6.75. The quantitative estimate of drug-likeness (QED) is 0.779. The number of carbonyl (C=O) groups excluding carboxylic acids is 1. The zero-order valence-electron chi connectivity index (χ0n) is 7.81. The van der Waals surface area contributed by atoms with Gasteiger partial charge in [-0.25, -0.2) is 0 Å². The number of nitrogens with zero attached hydrogens (tertiary/aromatic N) is 1. The summed E-state index contributed by atoms with van der Waals surface area (Å²) in [6.07, 6.45) is 4.44. The normalized spacial score (nSPS) is 10.6. The lowest BCUT2D eigenvalue weighted by Gasteiger charge is -1.97. The molecule has 3 heteroatoms. The van der Waals surface area contributed by atoms with Gasteiger partial charge in [-0.3, -0.25) is 4.79 Å². The number of hydrogen-bond donors (Lipinski definition) is 1. The molecule has 0 spiro atoms. The summed E-state index contributed by atoms with van der Waals surface area (Å²) < 4.78 is 2.00. The Balaban J connectivity index is 2.22. The monoisotopic (exact) mass is 188 g/mol. The fourth-order valence-corrected chi connectivity index (χ4v) is 1.51. The van der Waals surface area contributed by atoms with E-state index in [0.717, 1.165) is 0 Å². The third-order valence-electron chi connectivity index (χ3n) is 2.22. The number of carbonyl (C=O) groups is 1. The number of amides is 1. The molecule has 1 aromatic heterocycles. The first-order valence-corrected chi connectivity index (χ1v) is 4.58. The molecule has 72 valence electrons. The average molecular weight is 188 g/mol. The summed E-state index contributed by atoms with van der Waals surface area (Å²) in [7, 11) is 0. The molecular weight excluding hydrogens is 176 g/mol. The van der Waals surface area contributed by atoms with E-state index in [-0.39, 0.29) is 5.91 Å². The summed E-state index contributed by atoms with van der Waals surface area (Å²) in [5, 5.41) is 2.38. The fourth-order valence-electron chi connectivity index (χ4n) is 1.51. The molecule has 1 amide bonds. The molecule has 3 nitrogen and oxygen atoms in total. The second-order valence-corrected chi connectivity index (χ2v) is 3.34. The Morgan fingerprint density at radius 3 is 2.29 bits per heavy atom. The number of rotatable bonds is 3. The summed E-state index contributed by atoms with van der Waals surface area (Å²) in [6.45, 7) is 0.657. The first-order valence-electron chi connectivity index (χ1n) is 4.58. The number of aromatic nitrogens is 1. The van der Waals surface area contributed by atoms with Crippen LogP contribution in [0.1, 0.15) is 6.42 Å². The molecule has 14 heavy (non-hydrogen) atoms. The summed E-state index contributed by atoms with van der Waals surface area (Å²) >= 11 is 0. The average Bonchev–Trinajstić information content (AvgIpc) is 2.57. The van der Waals surface area contributed by atoms with E-state index in [1.165, 1.54) is 10.8 Å². The predicted octanol–water partition coefficient (Wildman–Crippen LogP) is 1.52. The van der Waals surface area contributed by atoms with Crippen LogP contribution in [0.5, 0.6) is 0 Å². The van der Waals surface area contributed by atoms with Gasteiger partial charge >= 0.3 is 0 Å². The van der Waals surface area contributed by atoms with Crippen molar-refractivity contribution in [2.45, 2.75) is 13.0 Å². The van der Waals surface area contributed by atoms with Crippen molar-refractivity contribution in [3.05, 3.63) is 36.7 Å². The minimum atomic E-state index is -0.261. The Kier molecular flexibility index (Phi) is 2.23. The Morgan fingerprint density at radius 2 is 1.79 bits per heavy atom. The van der Waals surface area contributed by atoms with Crippen molar-refractivity contribution in [3.8, 4) is 0 Å². The Bertz CT molecular complexity index is 426. The number of nitrogens with two attached hydrogens (primary N) is 1. The van der Waals surface area contributed by atoms with Crippen LogP contribution in [0.25, 0.3) is 10.8 Å². The summed E-state index contributed by atoms with van der Waals surface area (Å²) in [6, 6.07) is 8.10. The van der Waals surface area contributed by atoms with Gasteiger partial charge in [0.25, 0.3) is 0 Å². The summed E-state index contributed by atoms with van der Waals surface area (Å²) in [5.74, 6) is -0.261. The van der Waals surface area contributed by atoms with E-state index in [2.05, 4.69) is 12.1 Å².